The summed E-state index contributed by atoms with van der Waals surface area (Å²) in [5.41, 5.74) is 5.31. The summed E-state index contributed by atoms with van der Waals surface area (Å²) in [6.45, 7) is 1.94. The minimum Gasteiger partial charge on any atom is -0.354 e. The number of nitrogens with zero attached hydrogens (tertiary/aromatic N) is 1. The number of nitrogens with one attached hydrogen (secondary N) is 1. The Morgan fingerprint density at radius 2 is 2.00 bits per heavy atom. The molecule has 0 saturated heterocycles. The van der Waals surface area contributed by atoms with Crippen molar-refractivity contribution in [1.82, 2.24) is 10.2 Å². The van der Waals surface area contributed by atoms with E-state index in [1.165, 1.54) is 4.90 Å². The van der Waals surface area contributed by atoms with Gasteiger partial charge in [-0.1, -0.05) is 0 Å². The van der Waals surface area contributed by atoms with Gasteiger partial charge in [0.05, 0.1) is 6.04 Å². The Hall–Kier alpha value is -1.10. The SMILES string of the molecule is CC(N)C(=O)NCCC(=O)N(C)C. The van der Waals surface area contributed by atoms with Gasteiger partial charge in [-0.25, -0.2) is 0 Å². The Bertz CT molecular complexity index is 170. The average Bonchev–Trinajstić information content (AvgIpc) is 2.03. The van der Waals surface area contributed by atoms with E-state index in [0.717, 1.165) is 0 Å². The number of nitrogens with two attached hydrogens (primary N) is 1. The van der Waals surface area contributed by atoms with Gasteiger partial charge >= 0.3 is 0 Å². The Morgan fingerprint density at radius 3 is 2.38 bits per heavy atom. The highest BCUT2D eigenvalue weighted by atomic mass is 16.2. The fourth-order valence-electron chi connectivity index (χ4n) is 0.677. The molecule has 0 aromatic heterocycles. The highest BCUT2D eigenvalue weighted by Crippen LogP contribution is 1.85. The Kier molecular flexibility index (Phi) is 5.06. The van der Waals surface area contributed by atoms with E-state index in [0.29, 0.717) is 13.0 Å². The van der Waals surface area contributed by atoms with Gasteiger partial charge in [-0.05, 0) is 6.92 Å². The molecule has 1 atom stereocenters. The monoisotopic (exact) mass is 187 g/mol. The molecular weight excluding hydrogens is 170 g/mol. The standard InChI is InChI=1S/C8H17N3O2/c1-6(9)8(13)10-5-4-7(12)11(2)3/h6H,4-5,9H2,1-3H3,(H,10,13). The normalized spacial score (nSPS) is 12.0. The van der Waals surface area contributed by atoms with Crippen molar-refractivity contribution in [3.05, 3.63) is 0 Å². The summed E-state index contributed by atoms with van der Waals surface area (Å²) in [5.74, 6) is -0.239. The average molecular weight is 187 g/mol. The Labute approximate surface area is 78.3 Å². The van der Waals surface area contributed by atoms with E-state index in [9.17, 15) is 9.59 Å². The summed E-state index contributed by atoms with van der Waals surface area (Å²) in [6.07, 6.45) is 0.311. The lowest BCUT2D eigenvalue weighted by atomic mass is 10.3. The summed E-state index contributed by atoms with van der Waals surface area (Å²) in [6, 6.07) is -0.519. The molecular formula is C8H17N3O2. The minimum absolute atomic E-state index is 0.00928. The second kappa shape index (κ2) is 5.53. The first-order chi connectivity index (χ1) is 5.95. The van der Waals surface area contributed by atoms with Crippen molar-refractivity contribution in [2.75, 3.05) is 20.6 Å². The fourth-order valence-corrected chi connectivity index (χ4v) is 0.677. The molecule has 0 aromatic carbocycles. The van der Waals surface area contributed by atoms with Crippen molar-refractivity contribution in [3.63, 3.8) is 0 Å². The molecule has 0 aliphatic heterocycles. The largest absolute Gasteiger partial charge is 0.354 e. The van der Waals surface area contributed by atoms with E-state index in [2.05, 4.69) is 5.32 Å². The molecule has 0 saturated carbocycles. The van der Waals surface area contributed by atoms with Crippen LogP contribution in [0.5, 0.6) is 0 Å². The van der Waals surface area contributed by atoms with Crippen molar-refractivity contribution in [2.24, 2.45) is 5.73 Å². The lowest BCUT2D eigenvalue weighted by Crippen LogP contribution is -2.39. The van der Waals surface area contributed by atoms with Crippen LogP contribution in [0.3, 0.4) is 0 Å². The van der Waals surface area contributed by atoms with Gasteiger partial charge in [-0.3, -0.25) is 9.59 Å². The zero-order valence-corrected chi connectivity index (χ0v) is 8.33. The number of carbonyl (C=O) groups excluding carboxylic acids is 2. The summed E-state index contributed by atoms with van der Waals surface area (Å²) in [7, 11) is 3.35. The van der Waals surface area contributed by atoms with Gasteiger partial charge in [0.25, 0.3) is 0 Å². The first kappa shape index (κ1) is 11.9. The van der Waals surface area contributed by atoms with E-state index in [4.69, 9.17) is 5.73 Å². The van der Waals surface area contributed by atoms with Crippen molar-refractivity contribution in [1.29, 1.82) is 0 Å². The van der Waals surface area contributed by atoms with Crippen LogP contribution in [0, 0.1) is 0 Å². The number of amides is 2. The Balaban J connectivity index is 3.57. The molecule has 0 heterocycles. The molecule has 0 bridgehead atoms. The smallest absolute Gasteiger partial charge is 0.236 e. The second-order valence-electron chi connectivity index (χ2n) is 3.12. The van der Waals surface area contributed by atoms with Crippen molar-refractivity contribution >= 4 is 11.8 Å². The van der Waals surface area contributed by atoms with Crippen LogP contribution in [0.15, 0.2) is 0 Å². The fraction of sp³-hybridized carbons (Fsp3) is 0.750. The van der Waals surface area contributed by atoms with Gasteiger partial charge in [0, 0.05) is 27.1 Å². The minimum atomic E-state index is -0.519. The van der Waals surface area contributed by atoms with Crippen molar-refractivity contribution in [2.45, 2.75) is 19.4 Å². The van der Waals surface area contributed by atoms with Crippen molar-refractivity contribution in [3.8, 4) is 0 Å². The van der Waals surface area contributed by atoms with Crippen LogP contribution < -0.4 is 11.1 Å². The molecule has 0 aliphatic rings. The number of hydrogen-bond acceptors (Lipinski definition) is 3. The van der Waals surface area contributed by atoms with Gasteiger partial charge in [0.2, 0.25) is 11.8 Å². The van der Waals surface area contributed by atoms with E-state index in [-0.39, 0.29) is 11.8 Å². The molecule has 3 N–H and O–H groups in total. The van der Waals surface area contributed by atoms with E-state index < -0.39 is 6.04 Å². The van der Waals surface area contributed by atoms with Crippen LogP contribution >= 0.6 is 0 Å². The molecule has 13 heavy (non-hydrogen) atoms. The molecule has 0 radical (unpaired) electrons. The molecule has 0 rings (SSSR count). The molecule has 2 amide bonds. The molecule has 5 heteroatoms. The highest BCUT2D eigenvalue weighted by molar-refractivity contribution is 5.82. The predicted octanol–water partition coefficient (Wildman–Crippen LogP) is -1.07. The van der Waals surface area contributed by atoms with Gasteiger partial charge in [0.1, 0.15) is 0 Å². The van der Waals surface area contributed by atoms with Gasteiger partial charge < -0.3 is 16.0 Å². The number of hydrogen-bond donors (Lipinski definition) is 2. The summed E-state index contributed by atoms with van der Waals surface area (Å²) in [5, 5.41) is 2.56. The van der Waals surface area contributed by atoms with E-state index in [1.54, 1.807) is 21.0 Å². The van der Waals surface area contributed by atoms with E-state index >= 15 is 0 Å². The molecule has 1 unspecified atom stereocenters. The highest BCUT2D eigenvalue weighted by Gasteiger charge is 2.08. The van der Waals surface area contributed by atoms with Crippen molar-refractivity contribution < 1.29 is 9.59 Å². The maximum atomic E-state index is 11.0. The zero-order valence-electron chi connectivity index (χ0n) is 8.33. The first-order valence-electron chi connectivity index (χ1n) is 4.18. The molecule has 0 aromatic rings. The third-order valence-electron chi connectivity index (χ3n) is 1.55. The first-order valence-corrected chi connectivity index (χ1v) is 4.18. The van der Waals surface area contributed by atoms with Gasteiger partial charge in [0.15, 0.2) is 0 Å². The summed E-state index contributed by atoms with van der Waals surface area (Å²) < 4.78 is 0. The molecule has 0 aliphatic carbocycles. The maximum Gasteiger partial charge on any atom is 0.236 e. The topological polar surface area (TPSA) is 75.4 Å². The van der Waals surface area contributed by atoms with Gasteiger partial charge in [-0.2, -0.15) is 0 Å². The third-order valence-corrected chi connectivity index (χ3v) is 1.55. The molecule has 0 fully saturated rings. The lowest BCUT2D eigenvalue weighted by molar-refractivity contribution is -0.128. The maximum absolute atomic E-state index is 11.0. The van der Waals surface area contributed by atoms with Gasteiger partial charge in [-0.15, -0.1) is 0 Å². The quantitative estimate of drug-likeness (QED) is 0.588. The second-order valence-corrected chi connectivity index (χ2v) is 3.12. The summed E-state index contributed by atoms with van der Waals surface area (Å²) >= 11 is 0. The van der Waals surface area contributed by atoms with Crippen LogP contribution in [-0.2, 0) is 9.59 Å². The van der Waals surface area contributed by atoms with Crippen LogP contribution in [-0.4, -0.2) is 43.4 Å². The summed E-state index contributed by atoms with van der Waals surface area (Å²) in [4.78, 5) is 23.5. The molecule has 5 nitrogen and oxygen atoms in total. The van der Waals surface area contributed by atoms with Crippen LogP contribution in [0.4, 0.5) is 0 Å². The Morgan fingerprint density at radius 1 is 1.46 bits per heavy atom. The molecule has 0 spiro atoms. The third kappa shape index (κ3) is 5.19. The van der Waals surface area contributed by atoms with Crippen LogP contribution in [0.1, 0.15) is 13.3 Å². The molecule has 76 valence electrons. The van der Waals surface area contributed by atoms with Crippen LogP contribution in [0.2, 0.25) is 0 Å². The van der Waals surface area contributed by atoms with E-state index in [1.807, 2.05) is 0 Å². The number of rotatable bonds is 4. The lowest BCUT2D eigenvalue weighted by Gasteiger charge is -2.11. The predicted molar refractivity (Wildman–Crippen MR) is 50.0 cm³/mol. The zero-order chi connectivity index (χ0) is 10.4. The van der Waals surface area contributed by atoms with Crippen LogP contribution in [0.25, 0.3) is 0 Å². The number of carbonyl (C=O) groups is 2.